The molecular weight excluding hydrogens is 162 g/mol. The fraction of sp³-hybridized carbons (Fsp3) is 0.909. The Morgan fingerprint density at radius 3 is 2.85 bits per heavy atom. The van der Waals surface area contributed by atoms with Crippen LogP contribution >= 0.6 is 0 Å². The lowest BCUT2D eigenvalue weighted by Gasteiger charge is -2.26. The monoisotopic (exact) mass is 182 g/mol. The van der Waals surface area contributed by atoms with Crippen molar-refractivity contribution < 1.29 is 4.74 Å². The third kappa shape index (κ3) is 2.96. The van der Waals surface area contributed by atoms with Gasteiger partial charge in [0.05, 0.1) is 0 Å². The van der Waals surface area contributed by atoms with Crippen LogP contribution in [0.25, 0.3) is 0 Å². The van der Waals surface area contributed by atoms with E-state index in [9.17, 15) is 0 Å². The summed E-state index contributed by atoms with van der Waals surface area (Å²) in [6.45, 7) is 5.88. The van der Waals surface area contributed by atoms with Crippen LogP contribution in [-0.2, 0) is 4.74 Å². The predicted octanol–water partition coefficient (Wildman–Crippen LogP) is 1.71. The molecule has 0 saturated carbocycles. The molecule has 2 rings (SSSR count). The molecule has 2 heteroatoms. The van der Waals surface area contributed by atoms with E-state index in [1.54, 1.807) is 0 Å². The molecule has 0 aromatic heterocycles. The molecule has 2 nitrogen and oxygen atoms in total. The first-order valence-electron chi connectivity index (χ1n) is 5.57. The van der Waals surface area contributed by atoms with E-state index in [2.05, 4.69) is 11.3 Å². The van der Waals surface area contributed by atoms with E-state index in [1.165, 1.54) is 45.3 Å². The van der Waals surface area contributed by atoms with Gasteiger partial charge in [-0.2, -0.15) is 0 Å². The van der Waals surface area contributed by atoms with Crippen LogP contribution in [0.3, 0.4) is 0 Å². The summed E-state index contributed by atoms with van der Waals surface area (Å²) >= 11 is 0. The Balaban J connectivity index is 1.60. The van der Waals surface area contributed by atoms with Crippen molar-refractivity contribution in [2.24, 2.45) is 5.92 Å². The lowest BCUT2D eigenvalue weighted by molar-refractivity contribution is 0.176. The first-order chi connectivity index (χ1) is 6.45. The Morgan fingerprint density at radius 1 is 1.31 bits per heavy atom. The summed E-state index contributed by atoms with van der Waals surface area (Å²) in [5, 5.41) is 0. The molecule has 0 aromatic rings. The number of ether oxygens (including phenoxy) is 1. The highest BCUT2D eigenvalue weighted by Gasteiger charge is 2.17. The Morgan fingerprint density at radius 2 is 2.15 bits per heavy atom. The second kappa shape index (κ2) is 4.97. The minimum atomic E-state index is 0.853. The van der Waals surface area contributed by atoms with Crippen molar-refractivity contribution in [2.45, 2.75) is 25.7 Å². The van der Waals surface area contributed by atoms with Gasteiger partial charge >= 0.3 is 0 Å². The fourth-order valence-electron chi connectivity index (χ4n) is 2.20. The topological polar surface area (TPSA) is 12.5 Å². The summed E-state index contributed by atoms with van der Waals surface area (Å²) in [6, 6.07) is 0. The number of nitrogens with zero attached hydrogens (tertiary/aromatic N) is 1. The largest absolute Gasteiger partial charge is 0.381 e. The lowest BCUT2D eigenvalue weighted by Crippen LogP contribution is -2.31. The van der Waals surface area contributed by atoms with Gasteiger partial charge in [-0.25, -0.2) is 0 Å². The first kappa shape index (κ1) is 9.47. The maximum absolute atomic E-state index is 5.37. The van der Waals surface area contributed by atoms with E-state index in [1.807, 2.05) is 0 Å². The lowest BCUT2D eigenvalue weighted by atomic mass is 10.0. The van der Waals surface area contributed by atoms with Crippen LogP contribution in [0.1, 0.15) is 25.7 Å². The molecule has 2 heterocycles. The Labute approximate surface area is 81.3 Å². The van der Waals surface area contributed by atoms with Gasteiger partial charge in [0.15, 0.2) is 0 Å². The third-order valence-corrected chi connectivity index (χ3v) is 3.18. The first-order valence-corrected chi connectivity index (χ1v) is 5.57. The summed E-state index contributed by atoms with van der Waals surface area (Å²) in [6.07, 6.45) is 7.64. The van der Waals surface area contributed by atoms with Gasteiger partial charge in [0, 0.05) is 13.2 Å². The van der Waals surface area contributed by atoms with Gasteiger partial charge in [0.1, 0.15) is 0 Å². The van der Waals surface area contributed by atoms with Crippen molar-refractivity contribution in [3.63, 3.8) is 0 Å². The third-order valence-electron chi connectivity index (χ3n) is 3.18. The van der Waals surface area contributed by atoms with Gasteiger partial charge in [-0.1, -0.05) is 0 Å². The summed E-state index contributed by atoms with van der Waals surface area (Å²) < 4.78 is 5.37. The van der Waals surface area contributed by atoms with Crippen molar-refractivity contribution in [3.05, 3.63) is 6.42 Å². The molecule has 1 radical (unpaired) electrons. The SMILES string of the molecule is [CH]1CCN(CCC2CCOC2)CC1. The number of hydrogen-bond acceptors (Lipinski definition) is 2. The summed E-state index contributed by atoms with van der Waals surface area (Å²) in [7, 11) is 0. The van der Waals surface area contributed by atoms with Crippen LogP contribution in [0.4, 0.5) is 0 Å². The van der Waals surface area contributed by atoms with Crippen LogP contribution in [0.15, 0.2) is 0 Å². The van der Waals surface area contributed by atoms with Gasteiger partial charge in [-0.15, -0.1) is 0 Å². The van der Waals surface area contributed by atoms with Gasteiger partial charge in [-0.05, 0) is 57.7 Å². The standard InChI is InChI=1S/C11H20NO/c1-2-6-12(7-3-1)8-4-11-5-9-13-10-11/h1,11H,2-10H2. The van der Waals surface area contributed by atoms with Crippen LogP contribution < -0.4 is 0 Å². The Bertz CT molecular complexity index is 137. The van der Waals surface area contributed by atoms with E-state index in [4.69, 9.17) is 4.74 Å². The van der Waals surface area contributed by atoms with E-state index in [0.29, 0.717) is 0 Å². The maximum Gasteiger partial charge on any atom is 0.0495 e. The normalized spacial score (nSPS) is 30.9. The van der Waals surface area contributed by atoms with Crippen LogP contribution in [0, 0.1) is 12.3 Å². The van der Waals surface area contributed by atoms with Crippen molar-refractivity contribution in [3.8, 4) is 0 Å². The summed E-state index contributed by atoms with van der Waals surface area (Å²) in [4.78, 5) is 2.60. The molecule has 2 fully saturated rings. The molecule has 0 bridgehead atoms. The van der Waals surface area contributed by atoms with Gasteiger partial charge in [-0.3, -0.25) is 0 Å². The smallest absolute Gasteiger partial charge is 0.0495 e. The molecule has 1 unspecified atom stereocenters. The molecule has 13 heavy (non-hydrogen) atoms. The molecule has 0 spiro atoms. The van der Waals surface area contributed by atoms with Crippen LogP contribution in [0.5, 0.6) is 0 Å². The predicted molar refractivity (Wildman–Crippen MR) is 53.5 cm³/mol. The van der Waals surface area contributed by atoms with E-state index in [-0.39, 0.29) is 0 Å². The van der Waals surface area contributed by atoms with Crippen molar-refractivity contribution >= 4 is 0 Å². The number of rotatable bonds is 3. The highest BCUT2D eigenvalue weighted by Crippen LogP contribution is 2.17. The molecule has 2 saturated heterocycles. The second-order valence-electron chi connectivity index (χ2n) is 4.23. The zero-order valence-electron chi connectivity index (χ0n) is 8.37. The molecule has 0 aliphatic carbocycles. The van der Waals surface area contributed by atoms with E-state index in [0.717, 1.165) is 19.1 Å². The summed E-state index contributed by atoms with van der Waals surface area (Å²) in [5.74, 6) is 0.853. The molecule has 0 N–H and O–H groups in total. The summed E-state index contributed by atoms with van der Waals surface area (Å²) in [5.41, 5.74) is 0. The van der Waals surface area contributed by atoms with Crippen molar-refractivity contribution in [2.75, 3.05) is 32.8 Å². The van der Waals surface area contributed by atoms with Crippen molar-refractivity contribution in [1.29, 1.82) is 0 Å². The molecule has 75 valence electrons. The molecule has 0 aromatic carbocycles. The quantitative estimate of drug-likeness (QED) is 0.659. The zero-order valence-corrected chi connectivity index (χ0v) is 8.37. The average molecular weight is 182 g/mol. The highest BCUT2D eigenvalue weighted by molar-refractivity contribution is 4.77. The average Bonchev–Trinajstić information content (AvgIpc) is 2.69. The molecular formula is C11H20NO. The van der Waals surface area contributed by atoms with E-state index >= 15 is 0 Å². The van der Waals surface area contributed by atoms with Gasteiger partial charge in [0.25, 0.3) is 0 Å². The van der Waals surface area contributed by atoms with Crippen LogP contribution in [-0.4, -0.2) is 37.7 Å². The fourth-order valence-corrected chi connectivity index (χ4v) is 2.20. The van der Waals surface area contributed by atoms with Crippen molar-refractivity contribution in [1.82, 2.24) is 4.90 Å². The maximum atomic E-state index is 5.37. The molecule has 2 aliphatic rings. The Hall–Kier alpha value is -0.0800. The zero-order chi connectivity index (χ0) is 8.93. The van der Waals surface area contributed by atoms with E-state index < -0.39 is 0 Å². The molecule has 2 aliphatic heterocycles. The Kier molecular flexibility index (Phi) is 3.62. The minimum Gasteiger partial charge on any atom is -0.381 e. The minimum absolute atomic E-state index is 0.853. The number of likely N-dealkylation sites (tertiary alicyclic amines) is 1. The molecule has 1 atom stereocenters. The molecule has 0 amide bonds. The van der Waals surface area contributed by atoms with Gasteiger partial charge < -0.3 is 9.64 Å². The van der Waals surface area contributed by atoms with Crippen LogP contribution in [0.2, 0.25) is 0 Å². The highest BCUT2D eigenvalue weighted by atomic mass is 16.5. The van der Waals surface area contributed by atoms with Gasteiger partial charge in [0.2, 0.25) is 0 Å². The second-order valence-corrected chi connectivity index (χ2v) is 4.23. The number of piperidine rings is 1. The number of hydrogen-bond donors (Lipinski definition) is 0.